The van der Waals surface area contributed by atoms with E-state index in [0.29, 0.717) is 6.54 Å². The molecule has 4 nitrogen and oxygen atoms in total. The van der Waals surface area contributed by atoms with Crippen LogP contribution in [0.1, 0.15) is 0 Å². The summed E-state index contributed by atoms with van der Waals surface area (Å²) < 4.78 is 0. The van der Waals surface area contributed by atoms with Gasteiger partial charge in [-0.1, -0.05) is 0 Å². The van der Waals surface area contributed by atoms with E-state index in [1.54, 1.807) is 0 Å². The highest BCUT2D eigenvalue weighted by Crippen LogP contribution is 2.17. The van der Waals surface area contributed by atoms with Crippen molar-refractivity contribution in [3.63, 3.8) is 0 Å². The Labute approximate surface area is 68.3 Å². The van der Waals surface area contributed by atoms with E-state index in [1.807, 2.05) is 0 Å². The van der Waals surface area contributed by atoms with E-state index in [2.05, 4.69) is 5.32 Å². The van der Waals surface area contributed by atoms with E-state index < -0.39 is 5.37 Å². The lowest BCUT2D eigenvalue weighted by Crippen LogP contribution is -2.34. The molecule has 0 aromatic rings. The highest BCUT2D eigenvalue weighted by Gasteiger charge is 2.32. The Balaban J connectivity index is 2.36. The van der Waals surface area contributed by atoms with Gasteiger partial charge in [-0.15, -0.1) is 11.8 Å². The van der Waals surface area contributed by atoms with Crippen LogP contribution in [0.5, 0.6) is 0 Å². The average molecular weight is 175 g/mol. The second-order valence-electron chi connectivity index (χ2n) is 2.16. The Morgan fingerprint density at radius 1 is 1.64 bits per heavy atom. The first kappa shape index (κ1) is 8.70. The number of thioether (sulfide) groups is 1. The fraction of sp³-hybridized carbons (Fsp3) is 0.667. The maximum absolute atomic E-state index is 10.9. The number of carbonyl (C=O) groups is 2. The molecule has 1 atom stereocenters. The molecule has 0 amide bonds. The fourth-order valence-corrected chi connectivity index (χ4v) is 1.78. The molecular formula is C6H9NO3S. The molecule has 0 saturated carbocycles. The maximum atomic E-state index is 10.9. The van der Waals surface area contributed by atoms with Crippen molar-refractivity contribution >= 4 is 23.3 Å². The zero-order chi connectivity index (χ0) is 8.27. The third-order valence-corrected chi connectivity index (χ3v) is 2.48. The van der Waals surface area contributed by atoms with Crippen molar-refractivity contribution in [3.05, 3.63) is 0 Å². The molecule has 1 rings (SSSR count). The van der Waals surface area contributed by atoms with Gasteiger partial charge in [0.25, 0.3) is 0 Å². The molecule has 0 radical (unpaired) electrons. The van der Waals surface area contributed by atoms with Crippen LogP contribution in [0, 0.1) is 0 Å². The molecule has 0 aliphatic carbocycles. The normalized spacial score (nSPS) is 24.6. The number of hydrogen-bond donors (Lipinski definition) is 2. The predicted octanol–water partition coefficient (Wildman–Crippen LogP) is -1.22. The molecule has 62 valence electrons. The van der Waals surface area contributed by atoms with Gasteiger partial charge in [-0.2, -0.15) is 0 Å². The quantitative estimate of drug-likeness (QED) is 0.526. The maximum Gasteiger partial charge on any atom is 0.226 e. The van der Waals surface area contributed by atoms with E-state index in [1.165, 1.54) is 11.8 Å². The van der Waals surface area contributed by atoms with E-state index >= 15 is 0 Å². The molecule has 0 bridgehead atoms. The Morgan fingerprint density at radius 2 is 2.36 bits per heavy atom. The van der Waals surface area contributed by atoms with Crippen LogP contribution < -0.4 is 5.32 Å². The minimum atomic E-state index is -0.422. The van der Waals surface area contributed by atoms with Crippen LogP contribution in [-0.4, -0.2) is 41.0 Å². The van der Waals surface area contributed by atoms with Gasteiger partial charge in [0.15, 0.2) is 0 Å². The van der Waals surface area contributed by atoms with E-state index in [4.69, 9.17) is 5.11 Å². The van der Waals surface area contributed by atoms with Gasteiger partial charge in [-0.25, -0.2) is 0 Å². The van der Waals surface area contributed by atoms with Crippen LogP contribution in [-0.2, 0) is 9.59 Å². The van der Waals surface area contributed by atoms with E-state index in [0.717, 1.165) is 0 Å². The molecule has 0 aromatic heterocycles. The van der Waals surface area contributed by atoms with Crippen molar-refractivity contribution < 1.29 is 14.7 Å². The first-order valence-corrected chi connectivity index (χ1v) is 4.33. The molecule has 5 heteroatoms. The summed E-state index contributed by atoms with van der Waals surface area (Å²) in [6.07, 6.45) is 0. The van der Waals surface area contributed by atoms with Gasteiger partial charge in [0.1, 0.15) is 5.37 Å². The average Bonchev–Trinajstić information content (AvgIpc) is 2.31. The Kier molecular flexibility index (Phi) is 3.04. The number of Topliss-reactive ketones (excluding diaryl/α,β-unsaturated/α-hetero) is 2. The first-order chi connectivity index (χ1) is 5.25. The SMILES string of the molecule is O=C1CSC(NCCO)C1=O. The standard InChI is InChI=1S/C6H9NO3S/c8-2-1-7-6-5(10)4(9)3-11-6/h6-8H,1-3H2. The van der Waals surface area contributed by atoms with Crippen molar-refractivity contribution in [2.24, 2.45) is 0 Å². The van der Waals surface area contributed by atoms with Crippen molar-refractivity contribution in [3.8, 4) is 0 Å². The molecule has 11 heavy (non-hydrogen) atoms. The summed E-state index contributed by atoms with van der Waals surface area (Å²) >= 11 is 1.28. The molecule has 2 N–H and O–H groups in total. The summed E-state index contributed by atoms with van der Waals surface area (Å²) in [4.78, 5) is 21.6. The van der Waals surface area contributed by atoms with Crippen molar-refractivity contribution in [1.82, 2.24) is 5.32 Å². The van der Waals surface area contributed by atoms with Crippen LogP contribution in [0.15, 0.2) is 0 Å². The van der Waals surface area contributed by atoms with Gasteiger partial charge >= 0.3 is 0 Å². The third-order valence-electron chi connectivity index (χ3n) is 1.34. The van der Waals surface area contributed by atoms with Gasteiger partial charge in [-0.3, -0.25) is 14.9 Å². The number of carbonyl (C=O) groups excluding carboxylic acids is 2. The molecule has 0 spiro atoms. The number of ketones is 2. The second kappa shape index (κ2) is 3.85. The van der Waals surface area contributed by atoms with Gasteiger partial charge < -0.3 is 5.11 Å². The van der Waals surface area contributed by atoms with Gasteiger partial charge in [0.2, 0.25) is 11.6 Å². The molecule has 1 aliphatic rings. The predicted molar refractivity (Wildman–Crippen MR) is 41.3 cm³/mol. The van der Waals surface area contributed by atoms with Crippen LogP contribution in [0.3, 0.4) is 0 Å². The van der Waals surface area contributed by atoms with E-state index in [-0.39, 0.29) is 23.9 Å². The van der Waals surface area contributed by atoms with Crippen molar-refractivity contribution in [2.45, 2.75) is 5.37 Å². The summed E-state index contributed by atoms with van der Waals surface area (Å²) in [5, 5.41) is 10.7. The minimum Gasteiger partial charge on any atom is -0.395 e. The smallest absolute Gasteiger partial charge is 0.226 e. The number of rotatable bonds is 3. The third kappa shape index (κ3) is 2.02. The number of aliphatic hydroxyl groups is 1. The van der Waals surface area contributed by atoms with E-state index in [9.17, 15) is 9.59 Å². The highest BCUT2D eigenvalue weighted by molar-refractivity contribution is 8.02. The second-order valence-corrected chi connectivity index (χ2v) is 3.25. The Morgan fingerprint density at radius 3 is 2.82 bits per heavy atom. The van der Waals surface area contributed by atoms with Crippen LogP contribution in [0.4, 0.5) is 0 Å². The van der Waals surface area contributed by atoms with Crippen molar-refractivity contribution in [1.29, 1.82) is 0 Å². The molecule has 1 aliphatic heterocycles. The molecule has 1 unspecified atom stereocenters. The summed E-state index contributed by atoms with van der Waals surface area (Å²) in [5.41, 5.74) is 0. The Bertz CT molecular complexity index is 183. The van der Waals surface area contributed by atoms with Crippen molar-refractivity contribution in [2.75, 3.05) is 18.9 Å². The monoisotopic (exact) mass is 175 g/mol. The molecule has 1 fully saturated rings. The number of hydrogen-bond acceptors (Lipinski definition) is 5. The van der Waals surface area contributed by atoms with Gasteiger partial charge in [0, 0.05) is 6.54 Å². The topological polar surface area (TPSA) is 66.4 Å². The summed E-state index contributed by atoms with van der Waals surface area (Å²) in [5.74, 6) is -0.434. The zero-order valence-electron chi connectivity index (χ0n) is 5.87. The summed E-state index contributed by atoms with van der Waals surface area (Å²) in [6.45, 7) is 0.342. The summed E-state index contributed by atoms with van der Waals surface area (Å²) in [6, 6.07) is 0. The van der Waals surface area contributed by atoms with Crippen LogP contribution in [0.25, 0.3) is 0 Å². The highest BCUT2D eigenvalue weighted by atomic mass is 32.2. The number of aliphatic hydroxyl groups excluding tert-OH is 1. The largest absolute Gasteiger partial charge is 0.395 e. The number of nitrogens with one attached hydrogen (secondary N) is 1. The van der Waals surface area contributed by atoms with Gasteiger partial charge in [-0.05, 0) is 0 Å². The Hall–Kier alpha value is -0.390. The first-order valence-electron chi connectivity index (χ1n) is 3.28. The molecule has 1 heterocycles. The lowest BCUT2D eigenvalue weighted by Gasteiger charge is -2.05. The van der Waals surface area contributed by atoms with Crippen LogP contribution >= 0.6 is 11.8 Å². The summed E-state index contributed by atoms with van der Waals surface area (Å²) in [7, 11) is 0. The molecule has 1 saturated heterocycles. The minimum absolute atomic E-state index is 0.0153. The fourth-order valence-electron chi connectivity index (χ4n) is 0.799. The lowest BCUT2D eigenvalue weighted by molar-refractivity contribution is -0.134. The molecule has 0 aromatic carbocycles. The lowest BCUT2D eigenvalue weighted by atomic mass is 10.3. The molecular weight excluding hydrogens is 166 g/mol. The van der Waals surface area contributed by atoms with Gasteiger partial charge in [0.05, 0.1) is 12.4 Å². The van der Waals surface area contributed by atoms with Crippen LogP contribution in [0.2, 0.25) is 0 Å². The zero-order valence-corrected chi connectivity index (χ0v) is 6.69.